The SMILES string of the molecule is NCCCC[C@@H](N)c1ccc(-c2ccccc2)cc1. The molecule has 0 saturated carbocycles. The molecule has 2 nitrogen and oxygen atoms in total. The summed E-state index contributed by atoms with van der Waals surface area (Å²) in [6.45, 7) is 0.750. The van der Waals surface area contributed by atoms with E-state index in [0.717, 1.165) is 25.8 Å². The van der Waals surface area contributed by atoms with Gasteiger partial charge in [0.05, 0.1) is 0 Å². The number of hydrogen-bond acceptors (Lipinski definition) is 2. The van der Waals surface area contributed by atoms with E-state index in [4.69, 9.17) is 11.5 Å². The van der Waals surface area contributed by atoms with Gasteiger partial charge >= 0.3 is 0 Å². The Kier molecular flexibility index (Phi) is 5.13. The number of rotatable bonds is 6. The van der Waals surface area contributed by atoms with Gasteiger partial charge in [-0.1, -0.05) is 61.0 Å². The summed E-state index contributed by atoms with van der Waals surface area (Å²) in [6, 6.07) is 19.1. The predicted octanol–water partition coefficient (Wildman–Crippen LogP) is 3.48. The van der Waals surface area contributed by atoms with E-state index in [2.05, 4.69) is 48.5 Å². The molecule has 0 heterocycles. The van der Waals surface area contributed by atoms with E-state index in [0.29, 0.717) is 0 Å². The summed E-state index contributed by atoms with van der Waals surface area (Å²) in [5.41, 5.74) is 15.4. The third kappa shape index (κ3) is 3.91. The fourth-order valence-electron chi connectivity index (χ4n) is 2.23. The van der Waals surface area contributed by atoms with Crippen LogP contribution in [-0.2, 0) is 0 Å². The van der Waals surface area contributed by atoms with Crippen LogP contribution in [-0.4, -0.2) is 6.54 Å². The maximum atomic E-state index is 6.18. The van der Waals surface area contributed by atoms with Crippen molar-refractivity contribution in [1.29, 1.82) is 0 Å². The van der Waals surface area contributed by atoms with Crippen LogP contribution in [0.4, 0.5) is 0 Å². The Hall–Kier alpha value is -1.64. The lowest BCUT2D eigenvalue weighted by Crippen LogP contribution is -2.10. The smallest absolute Gasteiger partial charge is 0.0294 e. The van der Waals surface area contributed by atoms with Crippen LogP contribution >= 0.6 is 0 Å². The first kappa shape index (κ1) is 13.8. The summed E-state index contributed by atoms with van der Waals surface area (Å²) in [6.07, 6.45) is 3.15. The van der Waals surface area contributed by atoms with E-state index in [-0.39, 0.29) is 6.04 Å². The maximum Gasteiger partial charge on any atom is 0.0294 e. The summed E-state index contributed by atoms with van der Waals surface area (Å²) in [5, 5.41) is 0. The molecule has 0 fully saturated rings. The molecule has 0 aliphatic heterocycles. The van der Waals surface area contributed by atoms with Crippen LogP contribution in [0.5, 0.6) is 0 Å². The second-order valence-electron chi connectivity index (χ2n) is 4.88. The molecule has 0 radical (unpaired) electrons. The largest absolute Gasteiger partial charge is 0.330 e. The van der Waals surface area contributed by atoms with Gasteiger partial charge < -0.3 is 11.5 Å². The van der Waals surface area contributed by atoms with Gasteiger partial charge in [0.2, 0.25) is 0 Å². The Bertz CT molecular complexity index is 476. The molecule has 1 atom stereocenters. The zero-order valence-electron chi connectivity index (χ0n) is 11.3. The second-order valence-corrected chi connectivity index (χ2v) is 4.88. The van der Waals surface area contributed by atoms with Gasteiger partial charge in [-0.15, -0.1) is 0 Å². The van der Waals surface area contributed by atoms with Crippen LogP contribution in [0.2, 0.25) is 0 Å². The van der Waals surface area contributed by atoms with Gasteiger partial charge in [-0.05, 0) is 36.1 Å². The van der Waals surface area contributed by atoms with E-state index in [1.54, 1.807) is 0 Å². The van der Waals surface area contributed by atoms with Crippen LogP contribution in [0.25, 0.3) is 11.1 Å². The van der Waals surface area contributed by atoms with Crippen molar-refractivity contribution < 1.29 is 0 Å². The first-order chi connectivity index (χ1) is 9.31. The molecule has 0 bridgehead atoms. The van der Waals surface area contributed by atoms with Gasteiger partial charge in [0.25, 0.3) is 0 Å². The minimum atomic E-state index is 0.122. The normalized spacial score (nSPS) is 12.3. The lowest BCUT2D eigenvalue weighted by Gasteiger charge is -2.12. The van der Waals surface area contributed by atoms with Gasteiger partial charge in [-0.2, -0.15) is 0 Å². The van der Waals surface area contributed by atoms with E-state index < -0.39 is 0 Å². The average Bonchev–Trinajstić information content (AvgIpc) is 2.48. The van der Waals surface area contributed by atoms with Gasteiger partial charge in [0.15, 0.2) is 0 Å². The third-order valence-electron chi connectivity index (χ3n) is 3.42. The summed E-state index contributed by atoms with van der Waals surface area (Å²) >= 11 is 0. The van der Waals surface area contributed by atoms with Crippen molar-refractivity contribution in [3.05, 3.63) is 60.2 Å². The molecule has 0 unspecified atom stereocenters. The second kappa shape index (κ2) is 7.07. The molecule has 19 heavy (non-hydrogen) atoms. The fraction of sp³-hybridized carbons (Fsp3) is 0.294. The molecule has 100 valence electrons. The van der Waals surface area contributed by atoms with Crippen LogP contribution < -0.4 is 11.5 Å². The summed E-state index contributed by atoms with van der Waals surface area (Å²) in [7, 11) is 0. The minimum Gasteiger partial charge on any atom is -0.330 e. The van der Waals surface area contributed by atoms with E-state index in [1.807, 2.05) is 6.07 Å². The van der Waals surface area contributed by atoms with E-state index >= 15 is 0 Å². The Balaban J connectivity index is 2.02. The maximum absolute atomic E-state index is 6.18. The Labute approximate surface area is 115 Å². The van der Waals surface area contributed by atoms with E-state index in [9.17, 15) is 0 Å². The highest BCUT2D eigenvalue weighted by Crippen LogP contribution is 2.22. The highest BCUT2D eigenvalue weighted by atomic mass is 14.6. The van der Waals surface area contributed by atoms with Crippen molar-refractivity contribution in [1.82, 2.24) is 0 Å². The predicted molar refractivity (Wildman–Crippen MR) is 81.7 cm³/mol. The Morgan fingerprint density at radius 3 is 2.05 bits per heavy atom. The molecule has 0 aliphatic rings. The molecule has 0 aromatic heterocycles. The molecular formula is C17H22N2. The lowest BCUT2D eigenvalue weighted by molar-refractivity contribution is 0.591. The molecule has 0 aliphatic carbocycles. The molecule has 2 rings (SSSR count). The summed E-state index contributed by atoms with van der Waals surface area (Å²) in [5.74, 6) is 0. The summed E-state index contributed by atoms with van der Waals surface area (Å²) in [4.78, 5) is 0. The molecule has 0 amide bonds. The van der Waals surface area contributed by atoms with Crippen molar-refractivity contribution in [3.63, 3.8) is 0 Å². The first-order valence-electron chi connectivity index (χ1n) is 6.92. The highest BCUT2D eigenvalue weighted by molar-refractivity contribution is 5.63. The highest BCUT2D eigenvalue weighted by Gasteiger charge is 2.05. The monoisotopic (exact) mass is 254 g/mol. The molecule has 4 N–H and O–H groups in total. The molecule has 2 aromatic rings. The molecule has 2 heteroatoms. The topological polar surface area (TPSA) is 52.0 Å². The number of hydrogen-bond donors (Lipinski definition) is 2. The van der Waals surface area contributed by atoms with Crippen LogP contribution in [0.1, 0.15) is 30.9 Å². The molecule has 2 aromatic carbocycles. The minimum absolute atomic E-state index is 0.122. The number of unbranched alkanes of at least 4 members (excludes halogenated alkanes) is 1. The van der Waals surface area contributed by atoms with Gasteiger partial charge in [0.1, 0.15) is 0 Å². The van der Waals surface area contributed by atoms with Crippen molar-refractivity contribution in [2.45, 2.75) is 25.3 Å². The van der Waals surface area contributed by atoms with Gasteiger partial charge in [-0.3, -0.25) is 0 Å². The zero-order chi connectivity index (χ0) is 13.5. The Morgan fingerprint density at radius 2 is 1.42 bits per heavy atom. The third-order valence-corrected chi connectivity index (χ3v) is 3.42. The van der Waals surface area contributed by atoms with Crippen LogP contribution in [0, 0.1) is 0 Å². The van der Waals surface area contributed by atoms with Crippen molar-refractivity contribution in [2.75, 3.05) is 6.54 Å². The fourth-order valence-corrected chi connectivity index (χ4v) is 2.23. The summed E-state index contributed by atoms with van der Waals surface area (Å²) < 4.78 is 0. The molecule has 0 saturated heterocycles. The number of benzene rings is 2. The number of nitrogens with two attached hydrogens (primary N) is 2. The lowest BCUT2D eigenvalue weighted by atomic mass is 9.98. The molecular weight excluding hydrogens is 232 g/mol. The Morgan fingerprint density at radius 1 is 0.789 bits per heavy atom. The molecule has 0 spiro atoms. The van der Waals surface area contributed by atoms with Gasteiger partial charge in [-0.25, -0.2) is 0 Å². The quantitative estimate of drug-likeness (QED) is 0.775. The van der Waals surface area contributed by atoms with Crippen molar-refractivity contribution in [3.8, 4) is 11.1 Å². The van der Waals surface area contributed by atoms with Crippen molar-refractivity contribution >= 4 is 0 Å². The van der Waals surface area contributed by atoms with E-state index in [1.165, 1.54) is 16.7 Å². The van der Waals surface area contributed by atoms with Gasteiger partial charge in [0, 0.05) is 6.04 Å². The zero-order valence-corrected chi connectivity index (χ0v) is 11.3. The van der Waals surface area contributed by atoms with Crippen molar-refractivity contribution in [2.24, 2.45) is 11.5 Å². The average molecular weight is 254 g/mol. The van der Waals surface area contributed by atoms with Crippen LogP contribution in [0.15, 0.2) is 54.6 Å². The standard InChI is InChI=1S/C17H22N2/c18-13-5-4-8-17(19)16-11-9-15(10-12-16)14-6-2-1-3-7-14/h1-3,6-7,9-12,17H,4-5,8,13,18-19H2/t17-/m1/s1. The van der Waals surface area contributed by atoms with Crippen LogP contribution in [0.3, 0.4) is 0 Å². The first-order valence-corrected chi connectivity index (χ1v) is 6.92.